The van der Waals surface area contributed by atoms with Gasteiger partial charge in [-0.2, -0.15) is 5.10 Å². The van der Waals surface area contributed by atoms with E-state index in [1.165, 1.54) is 30.4 Å². The summed E-state index contributed by atoms with van der Waals surface area (Å²) in [6.45, 7) is 0. The average molecular weight is 209 g/mol. The van der Waals surface area contributed by atoms with Gasteiger partial charge in [0, 0.05) is 13.0 Å². The molecule has 0 spiro atoms. The second-order valence-electron chi connectivity index (χ2n) is 4.91. The maximum Gasteiger partial charge on any atom is 0.188 e. The Morgan fingerprint density at radius 3 is 2.20 bits per heavy atom. The summed E-state index contributed by atoms with van der Waals surface area (Å²) in [4.78, 5) is 0. The third-order valence-electron chi connectivity index (χ3n) is 3.63. The number of rotatable bonds is 3. The fourth-order valence-corrected chi connectivity index (χ4v) is 2.49. The Labute approximate surface area is 88.5 Å². The van der Waals surface area contributed by atoms with E-state index in [-0.39, 0.29) is 11.6 Å². The van der Waals surface area contributed by atoms with Crippen LogP contribution in [0.25, 0.3) is 0 Å². The molecule has 1 heterocycles. The van der Waals surface area contributed by atoms with Crippen molar-refractivity contribution in [3.63, 3.8) is 0 Å². The molecule has 1 aromatic rings. The van der Waals surface area contributed by atoms with Crippen LogP contribution in [0.3, 0.4) is 0 Å². The quantitative estimate of drug-likeness (QED) is 0.828. The SMILES string of the molecule is Cn1nc(C(C2CC2)C2CC2)c(F)c1N. The average Bonchev–Trinajstić information content (AvgIpc) is 3.06. The third kappa shape index (κ3) is 1.43. The highest BCUT2D eigenvalue weighted by Crippen LogP contribution is 2.54. The first kappa shape index (κ1) is 9.19. The number of nitrogens with two attached hydrogens (primary N) is 1. The zero-order valence-electron chi connectivity index (χ0n) is 8.91. The van der Waals surface area contributed by atoms with Crippen molar-refractivity contribution in [2.45, 2.75) is 31.6 Å². The van der Waals surface area contributed by atoms with Gasteiger partial charge in [0.05, 0.1) is 0 Å². The molecular weight excluding hydrogens is 193 g/mol. The topological polar surface area (TPSA) is 43.8 Å². The fraction of sp³-hybridized carbons (Fsp3) is 0.727. The van der Waals surface area contributed by atoms with E-state index in [1.807, 2.05) is 0 Å². The number of hydrogen-bond donors (Lipinski definition) is 1. The van der Waals surface area contributed by atoms with Crippen molar-refractivity contribution in [2.75, 3.05) is 5.73 Å². The molecule has 0 aliphatic heterocycles. The molecule has 82 valence electrons. The van der Waals surface area contributed by atoms with Crippen LogP contribution in [0.4, 0.5) is 10.2 Å². The minimum absolute atomic E-state index is 0.177. The van der Waals surface area contributed by atoms with Crippen LogP contribution in [-0.2, 0) is 7.05 Å². The smallest absolute Gasteiger partial charge is 0.188 e. The summed E-state index contributed by atoms with van der Waals surface area (Å²) >= 11 is 0. The summed E-state index contributed by atoms with van der Waals surface area (Å²) in [7, 11) is 1.71. The summed E-state index contributed by atoms with van der Waals surface area (Å²) in [6, 6.07) is 0. The Hall–Kier alpha value is -1.06. The number of anilines is 1. The normalized spacial score (nSPS) is 21.3. The summed E-state index contributed by atoms with van der Waals surface area (Å²) in [5.74, 6) is 1.58. The molecule has 0 amide bonds. The molecule has 0 bridgehead atoms. The third-order valence-corrected chi connectivity index (χ3v) is 3.63. The molecule has 0 aromatic carbocycles. The molecular formula is C11H16FN3. The van der Waals surface area contributed by atoms with Crippen molar-refractivity contribution in [1.29, 1.82) is 0 Å². The molecule has 4 heteroatoms. The van der Waals surface area contributed by atoms with Gasteiger partial charge in [-0.1, -0.05) is 0 Å². The van der Waals surface area contributed by atoms with E-state index in [2.05, 4.69) is 5.10 Å². The Bertz CT molecular complexity index is 379. The van der Waals surface area contributed by atoms with E-state index in [4.69, 9.17) is 5.73 Å². The highest BCUT2D eigenvalue weighted by Gasteiger charge is 2.45. The number of halogens is 1. The number of aromatic nitrogens is 2. The van der Waals surface area contributed by atoms with E-state index in [0.717, 1.165) is 0 Å². The standard InChI is InChI=1S/C11H16FN3/c1-15-11(13)9(12)10(14-15)8(6-2-3-6)7-4-5-7/h6-8H,2-5,13H2,1H3. The zero-order chi connectivity index (χ0) is 10.6. The lowest BCUT2D eigenvalue weighted by molar-refractivity contribution is 0.487. The lowest BCUT2D eigenvalue weighted by atomic mass is 9.94. The second-order valence-corrected chi connectivity index (χ2v) is 4.91. The van der Waals surface area contributed by atoms with Gasteiger partial charge in [-0.3, -0.25) is 4.68 Å². The van der Waals surface area contributed by atoms with Crippen LogP contribution in [-0.4, -0.2) is 9.78 Å². The molecule has 0 unspecified atom stereocenters. The van der Waals surface area contributed by atoms with Crippen LogP contribution in [0.15, 0.2) is 0 Å². The van der Waals surface area contributed by atoms with Crippen LogP contribution in [0, 0.1) is 17.7 Å². The first-order valence-electron chi connectivity index (χ1n) is 5.66. The Kier molecular flexibility index (Phi) is 1.82. The molecule has 0 saturated heterocycles. The predicted octanol–water partition coefficient (Wildman–Crippen LogP) is 2.04. The predicted molar refractivity (Wildman–Crippen MR) is 55.8 cm³/mol. The number of nitrogens with zero attached hydrogens (tertiary/aromatic N) is 2. The maximum atomic E-state index is 13.8. The van der Waals surface area contributed by atoms with Crippen LogP contribution < -0.4 is 5.73 Å². The summed E-state index contributed by atoms with van der Waals surface area (Å²) in [5.41, 5.74) is 6.23. The minimum atomic E-state index is -0.277. The largest absolute Gasteiger partial charge is 0.381 e. The highest BCUT2D eigenvalue weighted by molar-refractivity contribution is 5.36. The van der Waals surface area contributed by atoms with Gasteiger partial charge >= 0.3 is 0 Å². The molecule has 3 nitrogen and oxygen atoms in total. The molecule has 3 rings (SSSR count). The van der Waals surface area contributed by atoms with Crippen LogP contribution in [0.5, 0.6) is 0 Å². The van der Waals surface area contributed by atoms with Crippen LogP contribution in [0.1, 0.15) is 37.3 Å². The van der Waals surface area contributed by atoms with Gasteiger partial charge in [0.15, 0.2) is 11.6 Å². The molecule has 0 atom stereocenters. The Morgan fingerprint density at radius 2 is 1.87 bits per heavy atom. The van der Waals surface area contributed by atoms with Gasteiger partial charge in [-0.05, 0) is 37.5 Å². The van der Waals surface area contributed by atoms with E-state index >= 15 is 0 Å². The van der Waals surface area contributed by atoms with E-state index < -0.39 is 0 Å². The first-order valence-corrected chi connectivity index (χ1v) is 5.66. The minimum Gasteiger partial charge on any atom is -0.381 e. The van der Waals surface area contributed by atoms with Crippen molar-refractivity contribution in [3.8, 4) is 0 Å². The monoisotopic (exact) mass is 209 g/mol. The molecule has 2 aliphatic rings. The van der Waals surface area contributed by atoms with Crippen molar-refractivity contribution in [3.05, 3.63) is 11.5 Å². The van der Waals surface area contributed by atoms with Crippen LogP contribution >= 0.6 is 0 Å². The Morgan fingerprint density at radius 1 is 1.33 bits per heavy atom. The first-order chi connectivity index (χ1) is 7.18. The van der Waals surface area contributed by atoms with Gasteiger partial charge in [-0.25, -0.2) is 4.39 Å². The summed E-state index contributed by atoms with van der Waals surface area (Å²) in [5, 5.41) is 4.25. The summed E-state index contributed by atoms with van der Waals surface area (Å²) < 4.78 is 15.3. The lowest BCUT2D eigenvalue weighted by Crippen LogP contribution is -2.07. The van der Waals surface area contributed by atoms with Gasteiger partial charge in [0.1, 0.15) is 5.69 Å². The van der Waals surface area contributed by atoms with Gasteiger partial charge in [-0.15, -0.1) is 0 Å². The molecule has 0 radical (unpaired) electrons. The number of aryl methyl sites for hydroxylation is 1. The van der Waals surface area contributed by atoms with Gasteiger partial charge in [0.25, 0.3) is 0 Å². The number of hydrogen-bond acceptors (Lipinski definition) is 2. The van der Waals surface area contributed by atoms with Crippen molar-refractivity contribution >= 4 is 5.82 Å². The molecule has 15 heavy (non-hydrogen) atoms. The van der Waals surface area contributed by atoms with Gasteiger partial charge < -0.3 is 5.73 Å². The molecule has 2 N–H and O–H groups in total. The Balaban J connectivity index is 1.97. The molecule has 1 aromatic heterocycles. The van der Waals surface area contributed by atoms with E-state index in [0.29, 0.717) is 23.4 Å². The number of nitrogen functional groups attached to an aromatic ring is 1. The molecule has 2 saturated carbocycles. The lowest BCUT2D eigenvalue weighted by Gasteiger charge is -2.11. The van der Waals surface area contributed by atoms with E-state index in [1.54, 1.807) is 7.05 Å². The highest BCUT2D eigenvalue weighted by atomic mass is 19.1. The maximum absolute atomic E-state index is 13.8. The second kappa shape index (κ2) is 2.97. The molecule has 2 aliphatic carbocycles. The van der Waals surface area contributed by atoms with Crippen molar-refractivity contribution in [1.82, 2.24) is 9.78 Å². The van der Waals surface area contributed by atoms with Crippen molar-refractivity contribution < 1.29 is 4.39 Å². The summed E-state index contributed by atoms with van der Waals surface area (Å²) in [6.07, 6.45) is 4.93. The zero-order valence-corrected chi connectivity index (χ0v) is 8.91. The molecule has 2 fully saturated rings. The van der Waals surface area contributed by atoms with Crippen molar-refractivity contribution in [2.24, 2.45) is 18.9 Å². The van der Waals surface area contributed by atoms with E-state index in [9.17, 15) is 4.39 Å². The van der Waals surface area contributed by atoms with Crippen LogP contribution in [0.2, 0.25) is 0 Å². The fourth-order valence-electron chi connectivity index (χ4n) is 2.49. The van der Waals surface area contributed by atoms with Gasteiger partial charge in [0.2, 0.25) is 0 Å².